The van der Waals surface area contributed by atoms with Crippen LogP contribution < -0.4 is 5.32 Å². The van der Waals surface area contributed by atoms with Crippen LogP contribution in [0.15, 0.2) is 23.3 Å². The van der Waals surface area contributed by atoms with Crippen LogP contribution >= 0.6 is 0 Å². The Hall–Kier alpha value is -2.14. The lowest BCUT2D eigenvalue weighted by atomic mass is 10.2. The number of azide groups is 1. The average Bonchev–Trinajstić information content (AvgIpc) is 2.27. The number of nitrogens with zero attached hydrogens (tertiary/aromatic N) is 3. The van der Waals surface area contributed by atoms with E-state index in [2.05, 4.69) is 15.3 Å². The van der Waals surface area contributed by atoms with Crippen LogP contribution in [0, 0.1) is 11.6 Å². The monoisotopic (exact) mass is 226 g/mol. The van der Waals surface area contributed by atoms with Crippen molar-refractivity contribution in [3.05, 3.63) is 45.8 Å². The van der Waals surface area contributed by atoms with Gasteiger partial charge in [0, 0.05) is 18.0 Å². The number of halogens is 2. The molecule has 0 aliphatic carbocycles. The molecule has 0 fully saturated rings. The lowest BCUT2D eigenvalue weighted by Crippen LogP contribution is -2.26. The van der Waals surface area contributed by atoms with E-state index in [0.717, 1.165) is 18.2 Å². The molecule has 1 aromatic rings. The zero-order valence-electron chi connectivity index (χ0n) is 8.15. The van der Waals surface area contributed by atoms with Gasteiger partial charge in [-0.1, -0.05) is 5.11 Å². The third-order valence-corrected chi connectivity index (χ3v) is 1.73. The molecule has 0 unspecified atom stereocenters. The predicted molar refractivity (Wildman–Crippen MR) is 52.7 cm³/mol. The SMILES string of the molecule is [N-]=[N+]=NCCNC(=O)c1cc(F)ccc1F. The minimum absolute atomic E-state index is 0.0547. The summed E-state index contributed by atoms with van der Waals surface area (Å²) in [4.78, 5) is 13.8. The van der Waals surface area contributed by atoms with Crippen LogP contribution in [0.3, 0.4) is 0 Å². The van der Waals surface area contributed by atoms with E-state index in [1.54, 1.807) is 0 Å². The molecule has 0 saturated heterocycles. The maximum Gasteiger partial charge on any atom is 0.254 e. The molecule has 0 radical (unpaired) electrons. The zero-order chi connectivity index (χ0) is 12.0. The lowest BCUT2D eigenvalue weighted by Gasteiger charge is -2.04. The molecule has 1 aromatic carbocycles. The van der Waals surface area contributed by atoms with Gasteiger partial charge >= 0.3 is 0 Å². The van der Waals surface area contributed by atoms with E-state index in [9.17, 15) is 13.6 Å². The summed E-state index contributed by atoms with van der Waals surface area (Å²) in [5.41, 5.74) is 7.59. The van der Waals surface area contributed by atoms with Crippen molar-refractivity contribution in [3.8, 4) is 0 Å². The van der Waals surface area contributed by atoms with Gasteiger partial charge in [-0.05, 0) is 23.7 Å². The van der Waals surface area contributed by atoms with Gasteiger partial charge in [0.25, 0.3) is 5.91 Å². The highest BCUT2D eigenvalue weighted by molar-refractivity contribution is 5.94. The Kier molecular flexibility index (Phi) is 4.23. The molecule has 0 heterocycles. The van der Waals surface area contributed by atoms with Gasteiger partial charge in [0.15, 0.2) is 0 Å². The molecule has 0 atom stereocenters. The molecule has 1 rings (SSSR count). The fourth-order valence-electron chi connectivity index (χ4n) is 1.03. The molecule has 1 amide bonds. The lowest BCUT2D eigenvalue weighted by molar-refractivity contribution is 0.0950. The highest BCUT2D eigenvalue weighted by Crippen LogP contribution is 2.09. The number of carbonyl (C=O) groups excluding carboxylic acids is 1. The minimum Gasteiger partial charge on any atom is -0.352 e. The maximum absolute atomic E-state index is 13.1. The van der Waals surface area contributed by atoms with E-state index >= 15 is 0 Å². The first kappa shape index (κ1) is 11.9. The smallest absolute Gasteiger partial charge is 0.254 e. The molecule has 0 spiro atoms. The van der Waals surface area contributed by atoms with E-state index in [1.807, 2.05) is 0 Å². The summed E-state index contributed by atoms with van der Waals surface area (Å²) in [6, 6.07) is 2.60. The van der Waals surface area contributed by atoms with Crippen molar-refractivity contribution in [1.29, 1.82) is 0 Å². The highest BCUT2D eigenvalue weighted by Gasteiger charge is 2.11. The second-order valence-corrected chi connectivity index (χ2v) is 2.83. The van der Waals surface area contributed by atoms with Crippen LogP contribution in [0.5, 0.6) is 0 Å². The number of nitrogens with one attached hydrogen (secondary N) is 1. The Labute approximate surface area is 89.7 Å². The molecule has 0 aromatic heterocycles. The van der Waals surface area contributed by atoms with Crippen LogP contribution in [0.4, 0.5) is 8.78 Å². The summed E-state index contributed by atoms with van der Waals surface area (Å²) in [6.07, 6.45) is 0. The van der Waals surface area contributed by atoms with Crippen molar-refractivity contribution < 1.29 is 13.6 Å². The number of benzene rings is 1. The summed E-state index contributed by atoms with van der Waals surface area (Å²) in [5, 5.41) is 5.47. The first-order chi connectivity index (χ1) is 7.65. The fourth-order valence-corrected chi connectivity index (χ4v) is 1.03. The number of amides is 1. The van der Waals surface area contributed by atoms with Crippen LogP contribution in [-0.4, -0.2) is 19.0 Å². The Morgan fingerprint density at radius 1 is 1.50 bits per heavy atom. The molecule has 16 heavy (non-hydrogen) atoms. The van der Waals surface area contributed by atoms with Gasteiger partial charge in [-0.25, -0.2) is 8.78 Å². The Morgan fingerprint density at radius 2 is 2.25 bits per heavy atom. The van der Waals surface area contributed by atoms with Crippen molar-refractivity contribution in [2.24, 2.45) is 5.11 Å². The topological polar surface area (TPSA) is 77.9 Å². The van der Waals surface area contributed by atoms with Crippen LogP contribution in [0.2, 0.25) is 0 Å². The summed E-state index contributed by atoms with van der Waals surface area (Å²) >= 11 is 0. The first-order valence-corrected chi connectivity index (χ1v) is 4.39. The van der Waals surface area contributed by atoms with Gasteiger partial charge < -0.3 is 5.32 Å². The molecule has 0 saturated carbocycles. The highest BCUT2D eigenvalue weighted by atomic mass is 19.1. The van der Waals surface area contributed by atoms with Crippen molar-refractivity contribution in [3.63, 3.8) is 0 Å². The van der Waals surface area contributed by atoms with Crippen molar-refractivity contribution >= 4 is 5.91 Å². The van der Waals surface area contributed by atoms with Crippen LogP contribution in [-0.2, 0) is 0 Å². The van der Waals surface area contributed by atoms with Crippen molar-refractivity contribution in [2.45, 2.75) is 0 Å². The molecule has 0 bridgehead atoms. The van der Waals surface area contributed by atoms with Crippen molar-refractivity contribution in [1.82, 2.24) is 5.32 Å². The Bertz CT molecular complexity index is 443. The molecule has 5 nitrogen and oxygen atoms in total. The number of carbonyl (C=O) groups is 1. The molecule has 84 valence electrons. The van der Waals surface area contributed by atoms with Crippen LogP contribution in [0.25, 0.3) is 10.4 Å². The Morgan fingerprint density at radius 3 is 2.94 bits per heavy atom. The maximum atomic E-state index is 13.1. The van der Waals surface area contributed by atoms with Gasteiger partial charge in [0.05, 0.1) is 5.56 Å². The fraction of sp³-hybridized carbons (Fsp3) is 0.222. The van der Waals surface area contributed by atoms with Gasteiger partial charge in [-0.2, -0.15) is 0 Å². The molecular formula is C9H8F2N4O. The van der Waals surface area contributed by atoms with Gasteiger partial charge in [-0.15, -0.1) is 0 Å². The number of hydrogen-bond acceptors (Lipinski definition) is 2. The predicted octanol–water partition coefficient (Wildman–Crippen LogP) is 2.00. The molecule has 1 N–H and O–H groups in total. The average molecular weight is 226 g/mol. The van der Waals surface area contributed by atoms with Gasteiger partial charge in [-0.3, -0.25) is 4.79 Å². The van der Waals surface area contributed by atoms with Gasteiger partial charge in [0.1, 0.15) is 11.6 Å². The van der Waals surface area contributed by atoms with E-state index in [1.165, 1.54) is 0 Å². The second kappa shape index (κ2) is 5.67. The third-order valence-electron chi connectivity index (χ3n) is 1.73. The summed E-state index contributed by atoms with van der Waals surface area (Å²) in [7, 11) is 0. The molecule has 0 aliphatic rings. The van der Waals surface area contributed by atoms with Crippen LogP contribution in [0.1, 0.15) is 10.4 Å². The molecule has 0 aliphatic heterocycles. The zero-order valence-corrected chi connectivity index (χ0v) is 8.15. The Balaban J connectivity index is 2.65. The van der Waals surface area contributed by atoms with Crippen molar-refractivity contribution in [2.75, 3.05) is 13.1 Å². The van der Waals surface area contributed by atoms with E-state index in [-0.39, 0.29) is 18.7 Å². The second-order valence-electron chi connectivity index (χ2n) is 2.83. The molecule has 7 heteroatoms. The molecular weight excluding hydrogens is 218 g/mol. The largest absolute Gasteiger partial charge is 0.352 e. The van der Waals surface area contributed by atoms with Gasteiger partial charge in [0.2, 0.25) is 0 Å². The van der Waals surface area contributed by atoms with E-state index in [0.29, 0.717) is 0 Å². The first-order valence-electron chi connectivity index (χ1n) is 4.39. The third kappa shape index (κ3) is 3.21. The quantitative estimate of drug-likeness (QED) is 0.362. The standard InChI is InChI=1S/C9H8F2N4O/c10-6-1-2-8(11)7(5-6)9(16)13-3-4-14-15-12/h1-2,5H,3-4H2,(H,13,16). The number of rotatable bonds is 4. The van der Waals surface area contributed by atoms with E-state index < -0.39 is 17.5 Å². The summed E-state index contributed by atoms with van der Waals surface area (Å²) < 4.78 is 25.8. The number of hydrogen-bond donors (Lipinski definition) is 1. The van der Waals surface area contributed by atoms with E-state index in [4.69, 9.17) is 5.53 Å². The minimum atomic E-state index is -0.803. The summed E-state index contributed by atoms with van der Waals surface area (Å²) in [6.45, 7) is 0.123. The normalized spacial score (nSPS) is 9.38. The summed E-state index contributed by atoms with van der Waals surface area (Å²) in [5.74, 6) is -2.24.